The third-order valence-corrected chi connectivity index (χ3v) is 5.76. The minimum Gasteiger partial charge on any atom is -0.340 e. The first-order valence-corrected chi connectivity index (χ1v) is 8.31. The Hall–Kier alpha value is -0.900. The molecule has 2 heterocycles. The molecule has 1 aliphatic heterocycles. The number of rotatable bonds is 3. The number of aromatic nitrogens is 2. The first kappa shape index (κ1) is 12.8. The van der Waals surface area contributed by atoms with Gasteiger partial charge in [-0.1, -0.05) is 11.6 Å². The summed E-state index contributed by atoms with van der Waals surface area (Å²) in [5.74, 6) is 4.37. The lowest BCUT2D eigenvalue weighted by atomic mass is 9.88. The fraction of sp³-hybridized carbons (Fsp3) is 0.875. The van der Waals surface area contributed by atoms with Crippen LogP contribution in [0.15, 0.2) is 4.52 Å². The molecule has 3 aliphatic rings. The normalized spacial score (nSPS) is 37.6. The van der Waals surface area contributed by atoms with Crippen LogP contribution in [-0.4, -0.2) is 34.2 Å². The van der Waals surface area contributed by atoms with Gasteiger partial charge in [-0.2, -0.15) is 4.98 Å². The first-order valence-electron chi connectivity index (χ1n) is 8.31. The molecule has 0 aromatic carbocycles. The van der Waals surface area contributed by atoms with Gasteiger partial charge in [-0.25, -0.2) is 0 Å². The van der Waals surface area contributed by atoms with Crippen molar-refractivity contribution in [2.24, 2.45) is 17.8 Å². The third-order valence-electron chi connectivity index (χ3n) is 5.76. The fourth-order valence-electron chi connectivity index (χ4n) is 4.91. The summed E-state index contributed by atoms with van der Waals surface area (Å²) in [5.41, 5.74) is 0. The lowest BCUT2D eigenvalue weighted by molar-refractivity contribution is 0.0878. The quantitative estimate of drug-likeness (QED) is 0.850. The zero-order valence-electron chi connectivity index (χ0n) is 12.4. The summed E-state index contributed by atoms with van der Waals surface area (Å²) in [6.07, 6.45) is 9.63. The summed E-state index contributed by atoms with van der Waals surface area (Å²) in [5, 5.41) is 4.07. The molecule has 2 aliphatic carbocycles. The van der Waals surface area contributed by atoms with Gasteiger partial charge in [0.15, 0.2) is 5.82 Å². The van der Waals surface area contributed by atoms with Crippen molar-refractivity contribution in [2.45, 2.75) is 57.9 Å². The van der Waals surface area contributed by atoms with E-state index in [9.17, 15) is 0 Å². The zero-order valence-corrected chi connectivity index (χ0v) is 12.4. The fourth-order valence-corrected chi connectivity index (χ4v) is 4.91. The van der Waals surface area contributed by atoms with E-state index in [1.807, 2.05) is 6.92 Å². The second-order valence-corrected chi connectivity index (χ2v) is 7.18. The summed E-state index contributed by atoms with van der Waals surface area (Å²) in [6.45, 7) is 4.44. The van der Waals surface area contributed by atoms with Crippen molar-refractivity contribution < 1.29 is 4.52 Å². The number of aryl methyl sites for hydroxylation is 1. The van der Waals surface area contributed by atoms with E-state index in [0.29, 0.717) is 5.89 Å². The number of hydrogen-bond acceptors (Lipinski definition) is 4. The molecule has 0 amide bonds. The molecule has 1 aromatic rings. The molecule has 20 heavy (non-hydrogen) atoms. The van der Waals surface area contributed by atoms with Crippen molar-refractivity contribution >= 4 is 0 Å². The van der Waals surface area contributed by atoms with Gasteiger partial charge in [0.05, 0.1) is 0 Å². The van der Waals surface area contributed by atoms with E-state index in [4.69, 9.17) is 4.52 Å². The highest BCUT2D eigenvalue weighted by Gasteiger charge is 2.43. The van der Waals surface area contributed by atoms with Crippen LogP contribution < -0.4 is 0 Å². The Balaban J connectivity index is 1.38. The van der Waals surface area contributed by atoms with Crippen LogP contribution in [0.2, 0.25) is 0 Å². The van der Waals surface area contributed by atoms with Gasteiger partial charge in [-0.15, -0.1) is 0 Å². The standard InChI is InChI=1S/C16H25N3O/c1-11-17-16(18-20-11)9-13-3-2-6-19(10-13)15-8-12-4-5-14(15)7-12/h12-15H,2-10H2,1H3/t12-,13-,14-,15-/m0/s1. The van der Waals surface area contributed by atoms with Gasteiger partial charge in [0.25, 0.3) is 0 Å². The van der Waals surface area contributed by atoms with Crippen LogP contribution >= 0.6 is 0 Å². The van der Waals surface area contributed by atoms with Crippen molar-refractivity contribution in [1.29, 1.82) is 0 Å². The predicted octanol–water partition coefficient (Wildman–Crippen LogP) is 2.82. The molecule has 1 saturated heterocycles. The van der Waals surface area contributed by atoms with Gasteiger partial charge in [-0.05, 0) is 56.4 Å². The summed E-state index contributed by atoms with van der Waals surface area (Å²) in [7, 11) is 0. The number of hydrogen-bond donors (Lipinski definition) is 0. The first-order chi connectivity index (χ1) is 9.78. The maximum absolute atomic E-state index is 5.10. The molecule has 0 unspecified atom stereocenters. The molecule has 4 rings (SSSR count). The topological polar surface area (TPSA) is 42.2 Å². The van der Waals surface area contributed by atoms with E-state index < -0.39 is 0 Å². The molecule has 0 spiro atoms. The van der Waals surface area contributed by atoms with Crippen LogP contribution in [0.25, 0.3) is 0 Å². The van der Waals surface area contributed by atoms with E-state index in [1.54, 1.807) is 0 Å². The van der Waals surface area contributed by atoms with Crippen molar-refractivity contribution in [1.82, 2.24) is 15.0 Å². The molecule has 110 valence electrons. The highest BCUT2D eigenvalue weighted by Crippen LogP contribution is 2.47. The summed E-state index contributed by atoms with van der Waals surface area (Å²) in [6, 6.07) is 0.892. The number of piperidine rings is 1. The lowest BCUT2D eigenvalue weighted by Gasteiger charge is -2.40. The second kappa shape index (κ2) is 5.14. The smallest absolute Gasteiger partial charge is 0.223 e. The van der Waals surface area contributed by atoms with Gasteiger partial charge < -0.3 is 4.52 Å². The monoisotopic (exact) mass is 275 g/mol. The molecular weight excluding hydrogens is 250 g/mol. The van der Waals surface area contributed by atoms with E-state index in [-0.39, 0.29) is 0 Å². The Morgan fingerprint density at radius 2 is 2.20 bits per heavy atom. The zero-order chi connectivity index (χ0) is 13.5. The maximum Gasteiger partial charge on any atom is 0.223 e. The third kappa shape index (κ3) is 2.39. The predicted molar refractivity (Wildman–Crippen MR) is 76.3 cm³/mol. The van der Waals surface area contributed by atoms with E-state index in [2.05, 4.69) is 15.0 Å². The van der Waals surface area contributed by atoms with Crippen LogP contribution in [0.3, 0.4) is 0 Å². The maximum atomic E-state index is 5.10. The van der Waals surface area contributed by atoms with Crippen LogP contribution in [0.5, 0.6) is 0 Å². The highest BCUT2D eigenvalue weighted by molar-refractivity contribution is 4.97. The average Bonchev–Trinajstić information content (AvgIpc) is 3.16. The van der Waals surface area contributed by atoms with Crippen LogP contribution in [0, 0.1) is 24.7 Å². The molecule has 4 heteroatoms. The van der Waals surface area contributed by atoms with Crippen molar-refractivity contribution in [3.8, 4) is 0 Å². The largest absolute Gasteiger partial charge is 0.340 e. The Bertz CT molecular complexity index is 472. The van der Waals surface area contributed by atoms with Gasteiger partial charge in [0.1, 0.15) is 0 Å². The minimum absolute atomic E-state index is 0.695. The second-order valence-electron chi connectivity index (χ2n) is 7.18. The van der Waals surface area contributed by atoms with E-state index in [1.165, 1.54) is 51.6 Å². The lowest BCUT2D eigenvalue weighted by Crippen LogP contribution is -2.45. The number of nitrogens with zero attached hydrogens (tertiary/aromatic N) is 3. The molecule has 3 fully saturated rings. The summed E-state index contributed by atoms with van der Waals surface area (Å²) >= 11 is 0. The van der Waals surface area contributed by atoms with Gasteiger partial charge >= 0.3 is 0 Å². The Morgan fingerprint density at radius 1 is 1.25 bits per heavy atom. The van der Waals surface area contributed by atoms with Gasteiger partial charge in [-0.3, -0.25) is 4.90 Å². The Morgan fingerprint density at radius 3 is 2.90 bits per heavy atom. The van der Waals surface area contributed by atoms with Crippen molar-refractivity contribution in [3.63, 3.8) is 0 Å². The average molecular weight is 275 g/mol. The molecular formula is C16H25N3O. The van der Waals surface area contributed by atoms with Crippen molar-refractivity contribution in [3.05, 3.63) is 11.7 Å². The summed E-state index contributed by atoms with van der Waals surface area (Å²) in [4.78, 5) is 7.17. The van der Waals surface area contributed by atoms with Crippen LogP contribution in [-0.2, 0) is 6.42 Å². The van der Waals surface area contributed by atoms with Crippen LogP contribution in [0.4, 0.5) is 0 Å². The Kier molecular flexibility index (Phi) is 3.29. The SMILES string of the molecule is Cc1nc(C[C@@H]2CCCN([C@H]3C[C@H]4CC[C@H]3C4)C2)no1. The van der Waals surface area contributed by atoms with Crippen molar-refractivity contribution in [2.75, 3.05) is 13.1 Å². The number of likely N-dealkylation sites (tertiary alicyclic amines) is 1. The molecule has 2 saturated carbocycles. The number of fused-ring (bicyclic) bond motifs is 2. The molecule has 4 atom stereocenters. The molecule has 0 N–H and O–H groups in total. The van der Waals surface area contributed by atoms with E-state index in [0.717, 1.165) is 36.0 Å². The molecule has 0 radical (unpaired) electrons. The molecule has 2 bridgehead atoms. The van der Waals surface area contributed by atoms with Gasteiger partial charge in [0.2, 0.25) is 5.89 Å². The summed E-state index contributed by atoms with van der Waals surface area (Å²) < 4.78 is 5.10. The molecule has 1 aromatic heterocycles. The highest BCUT2D eigenvalue weighted by atomic mass is 16.5. The molecule has 4 nitrogen and oxygen atoms in total. The van der Waals surface area contributed by atoms with E-state index >= 15 is 0 Å². The Labute approximate surface area is 120 Å². The van der Waals surface area contributed by atoms with Crippen LogP contribution in [0.1, 0.15) is 50.2 Å². The minimum atomic E-state index is 0.695. The van der Waals surface area contributed by atoms with Gasteiger partial charge in [0, 0.05) is 25.9 Å².